The minimum absolute atomic E-state index is 0.0631. The molecule has 1 aromatic heterocycles. The quantitative estimate of drug-likeness (QED) is 0.780. The van der Waals surface area contributed by atoms with Gasteiger partial charge in [0.25, 0.3) is 0 Å². The van der Waals surface area contributed by atoms with E-state index in [2.05, 4.69) is 0 Å². The molecule has 0 aromatic carbocycles. The maximum atomic E-state index is 10.6. The monoisotopic (exact) mass is 211 g/mol. The Balaban J connectivity index is 2.53. The zero-order valence-corrected chi connectivity index (χ0v) is 9.19. The number of carboxylic acid groups (broad SMARTS) is 1. The predicted octanol–water partition coefficient (Wildman–Crippen LogP) is 1.88. The zero-order chi connectivity index (χ0) is 11.3. The number of furan rings is 1. The molecule has 1 N–H and O–H groups in total. The third-order valence-electron chi connectivity index (χ3n) is 2.07. The zero-order valence-electron chi connectivity index (χ0n) is 9.19. The highest BCUT2D eigenvalue weighted by molar-refractivity contribution is 5.69. The van der Waals surface area contributed by atoms with E-state index in [9.17, 15) is 4.79 Å². The van der Waals surface area contributed by atoms with E-state index >= 15 is 0 Å². The van der Waals surface area contributed by atoms with Gasteiger partial charge in [-0.1, -0.05) is 6.92 Å². The molecular formula is C11H17NO3. The molecule has 0 saturated carbocycles. The molecule has 4 heteroatoms. The highest BCUT2D eigenvalue weighted by atomic mass is 16.4. The third-order valence-corrected chi connectivity index (χ3v) is 2.07. The van der Waals surface area contributed by atoms with E-state index in [-0.39, 0.29) is 6.54 Å². The highest BCUT2D eigenvalue weighted by Crippen LogP contribution is 2.09. The normalized spacial score (nSPS) is 10.9. The summed E-state index contributed by atoms with van der Waals surface area (Å²) in [6, 6.07) is 3.78. The van der Waals surface area contributed by atoms with Gasteiger partial charge in [0, 0.05) is 0 Å². The molecule has 0 unspecified atom stereocenters. The fraction of sp³-hybridized carbons (Fsp3) is 0.545. The van der Waals surface area contributed by atoms with E-state index in [1.165, 1.54) is 0 Å². The van der Waals surface area contributed by atoms with Gasteiger partial charge in [0.15, 0.2) is 0 Å². The number of hydrogen-bond donors (Lipinski definition) is 1. The van der Waals surface area contributed by atoms with Gasteiger partial charge in [0.1, 0.15) is 11.5 Å². The lowest BCUT2D eigenvalue weighted by Crippen LogP contribution is -2.29. The first-order chi connectivity index (χ1) is 7.11. The van der Waals surface area contributed by atoms with Crippen LogP contribution in [0.4, 0.5) is 0 Å². The standard InChI is InChI=1S/C11H17NO3/c1-3-6-12(8-11(13)14)7-10-5-4-9(2)15-10/h4-5H,3,6-8H2,1-2H3,(H,13,14). The van der Waals surface area contributed by atoms with Crippen LogP contribution in [0.25, 0.3) is 0 Å². The molecule has 84 valence electrons. The Bertz CT molecular complexity index is 319. The molecule has 0 fully saturated rings. The van der Waals surface area contributed by atoms with Crippen LogP contribution in [0.5, 0.6) is 0 Å². The van der Waals surface area contributed by atoms with Gasteiger partial charge in [-0.2, -0.15) is 0 Å². The molecule has 0 aliphatic heterocycles. The van der Waals surface area contributed by atoms with Crippen LogP contribution in [0.15, 0.2) is 16.5 Å². The molecule has 0 aliphatic rings. The molecule has 4 nitrogen and oxygen atoms in total. The number of carbonyl (C=O) groups is 1. The third kappa shape index (κ3) is 4.16. The van der Waals surface area contributed by atoms with E-state index in [0.717, 1.165) is 24.5 Å². The van der Waals surface area contributed by atoms with Crippen molar-refractivity contribution in [1.82, 2.24) is 4.90 Å². The van der Waals surface area contributed by atoms with Crippen molar-refractivity contribution in [3.63, 3.8) is 0 Å². The van der Waals surface area contributed by atoms with E-state index < -0.39 is 5.97 Å². The lowest BCUT2D eigenvalue weighted by Gasteiger charge is -2.17. The van der Waals surface area contributed by atoms with E-state index in [0.29, 0.717) is 6.54 Å². The van der Waals surface area contributed by atoms with Gasteiger partial charge < -0.3 is 9.52 Å². The molecule has 1 aromatic rings. The first kappa shape index (κ1) is 11.8. The van der Waals surface area contributed by atoms with E-state index in [1.54, 1.807) is 0 Å². The van der Waals surface area contributed by atoms with Crippen molar-refractivity contribution in [3.05, 3.63) is 23.7 Å². The molecule has 1 heterocycles. The van der Waals surface area contributed by atoms with Crippen molar-refractivity contribution < 1.29 is 14.3 Å². The Hall–Kier alpha value is -1.29. The van der Waals surface area contributed by atoms with Gasteiger partial charge in [0.05, 0.1) is 13.1 Å². The van der Waals surface area contributed by atoms with Crippen molar-refractivity contribution in [2.75, 3.05) is 13.1 Å². The first-order valence-electron chi connectivity index (χ1n) is 5.11. The summed E-state index contributed by atoms with van der Waals surface area (Å²) >= 11 is 0. The molecule has 0 spiro atoms. The summed E-state index contributed by atoms with van der Waals surface area (Å²) in [6.07, 6.45) is 0.937. The SMILES string of the molecule is CCCN(CC(=O)O)Cc1ccc(C)o1. The largest absolute Gasteiger partial charge is 0.480 e. The van der Waals surface area contributed by atoms with Crippen molar-refractivity contribution in [2.45, 2.75) is 26.8 Å². The second-order valence-electron chi connectivity index (χ2n) is 3.62. The van der Waals surface area contributed by atoms with Gasteiger partial charge in [-0.15, -0.1) is 0 Å². The molecule has 1 rings (SSSR count). The summed E-state index contributed by atoms with van der Waals surface area (Å²) in [5.41, 5.74) is 0. The highest BCUT2D eigenvalue weighted by Gasteiger charge is 2.10. The predicted molar refractivity (Wildman–Crippen MR) is 56.6 cm³/mol. The van der Waals surface area contributed by atoms with Crippen LogP contribution >= 0.6 is 0 Å². The van der Waals surface area contributed by atoms with Crippen LogP contribution in [0, 0.1) is 6.92 Å². The fourth-order valence-electron chi connectivity index (χ4n) is 1.51. The van der Waals surface area contributed by atoms with Gasteiger partial charge in [-0.3, -0.25) is 9.69 Å². The van der Waals surface area contributed by atoms with E-state index in [1.807, 2.05) is 30.9 Å². The molecule has 0 saturated heterocycles. The Morgan fingerprint density at radius 2 is 2.27 bits per heavy atom. The van der Waals surface area contributed by atoms with Crippen molar-refractivity contribution in [2.24, 2.45) is 0 Å². The number of nitrogens with zero attached hydrogens (tertiary/aromatic N) is 1. The summed E-state index contributed by atoms with van der Waals surface area (Å²) in [5, 5.41) is 8.72. The van der Waals surface area contributed by atoms with Crippen LogP contribution in [0.1, 0.15) is 24.9 Å². The lowest BCUT2D eigenvalue weighted by atomic mass is 10.3. The maximum absolute atomic E-state index is 10.6. The summed E-state index contributed by atoms with van der Waals surface area (Å²) in [5.74, 6) is 0.880. The maximum Gasteiger partial charge on any atom is 0.317 e. The second-order valence-corrected chi connectivity index (χ2v) is 3.62. The Labute approximate surface area is 89.5 Å². The number of aryl methyl sites for hydroxylation is 1. The lowest BCUT2D eigenvalue weighted by molar-refractivity contribution is -0.138. The van der Waals surface area contributed by atoms with Gasteiger partial charge in [-0.05, 0) is 32.0 Å². The molecule has 0 aliphatic carbocycles. The Morgan fingerprint density at radius 1 is 1.53 bits per heavy atom. The van der Waals surface area contributed by atoms with Crippen molar-refractivity contribution >= 4 is 5.97 Å². The Morgan fingerprint density at radius 3 is 2.73 bits per heavy atom. The Kier molecular flexibility index (Phi) is 4.37. The molecule has 15 heavy (non-hydrogen) atoms. The average Bonchev–Trinajstić information content (AvgIpc) is 2.50. The minimum Gasteiger partial charge on any atom is -0.480 e. The molecule has 0 bridgehead atoms. The summed E-state index contributed by atoms with van der Waals surface area (Å²) in [4.78, 5) is 12.5. The first-order valence-corrected chi connectivity index (χ1v) is 5.11. The van der Waals surface area contributed by atoms with Crippen LogP contribution in [0.3, 0.4) is 0 Å². The summed E-state index contributed by atoms with van der Waals surface area (Å²) < 4.78 is 5.41. The second kappa shape index (κ2) is 5.56. The van der Waals surface area contributed by atoms with E-state index in [4.69, 9.17) is 9.52 Å². The number of hydrogen-bond acceptors (Lipinski definition) is 3. The van der Waals surface area contributed by atoms with Crippen LogP contribution in [0.2, 0.25) is 0 Å². The smallest absolute Gasteiger partial charge is 0.317 e. The van der Waals surface area contributed by atoms with Gasteiger partial charge in [0.2, 0.25) is 0 Å². The number of rotatable bonds is 6. The molecule has 0 amide bonds. The molecule has 0 radical (unpaired) electrons. The van der Waals surface area contributed by atoms with Crippen LogP contribution in [-0.2, 0) is 11.3 Å². The number of aliphatic carboxylic acids is 1. The molecule has 0 atom stereocenters. The molecular weight excluding hydrogens is 194 g/mol. The average molecular weight is 211 g/mol. The summed E-state index contributed by atoms with van der Waals surface area (Å²) in [7, 11) is 0. The van der Waals surface area contributed by atoms with Crippen molar-refractivity contribution in [3.8, 4) is 0 Å². The minimum atomic E-state index is -0.799. The van der Waals surface area contributed by atoms with Crippen molar-refractivity contribution in [1.29, 1.82) is 0 Å². The topological polar surface area (TPSA) is 53.7 Å². The summed E-state index contributed by atoms with van der Waals surface area (Å²) in [6.45, 7) is 5.31. The number of carboxylic acids is 1. The fourth-order valence-corrected chi connectivity index (χ4v) is 1.51. The van der Waals surface area contributed by atoms with Gasteiger partial charge >= 0.3 is 5.97 Å². The van der Waals surface area contributed by atoms with Gasteiger partial charge in [-0.25, -0.2) is 0 Å². The van der Waals surface area contributed by atoms with Crippen LogP contribution < -0.4 is 0 Å². The van der Waals surface area contributed by atoms with Crippen LogP contribution in [-0.4, -0.2) is 29.1 Å².